The molecule has 0 spiro atoms. The highest BCUT2D eigenvalue weighted by Crippen LogP contribution is 2.55. The average Bonchev–Trinajstić information content (AvgIpc) is 1.54. The molecule has 4 heteroatoms. The van der Waals surface area contributed by atoms with E-state index in [-0.39, 0.29) is 10.8 Å². The highest BCUT2D eigenvalue weighted by Gasteiger charge is 2.39. The first kappa shape index (κ1) is 56.7. The van der Waals surface area contributed by atoms with Crippen LogP contribution in [0.1, 0.15) is 49.9 Å². The maximum Gasteiger partial charge on any atom is 0.0622 e. The molecule has 20 aromatic rings. The van der Waals surface area contributed by atoms with Gasteiger partial charge in [0.05, 0.1) is 49.8 Å². The maximum absolute atomic E-state index is 2.58. The van der Waals surface area contributed by atoms with Crippen LogP contribution in [0.4, 0.5) is 0 Å². The van der Waals surface area contributed by atoms with E-state index in [1.54, 1.807) is 0 Å². The quantitative estimate of drug-likeness (QED) is 0.164. The van der Waals surface area contributed by atoms with Crippen LogP contribution in [-0.4, -0.2) is 18.3 Å². The summed E-state index contributed by atoms with van der Waals surface area (Å²) < 4.78 is 10.00. The smallest absolute Gasteiger partial charge is 0.0622 e. The highest BCUT2D eigenvalue weighted by molar-refractivity contribution is 6.26. The van der Waals surface area contributed by atoms with Gasteiger partial charge in [-0.15, -0.1) is 0 Å². The SMILES string of the molecule is CC1(C)c2ccccc2-c2c1cc1ccccc1c2-n1c2ccccc2c2cc3c4ccc5ccccc5c4n(-c4ccccc4)c3cc21.CC1(C)c2ccccc2-c2ccc(-c3cccc(-n4c5ccccc5c5cc6c7ccc8ccccc8c7n(-c7ccccc7)c6cc54)c3)cc21. The lowest BCUT2D eigenvalue weighted by Crippen LogP contribution is -2.15. The molecule has 0 aliphatic heterocycles. The van der Waals surface area contributed by atoms with Crippen molar-refractivity contribution < 1.29 is 0 Å². The van der Waals surface area contributed by atoms with Gasteiger partial charge < -0.3 is 18.3 Å². The summed E-state index contributed by atoms with van der Waals surface area (Å²) in [4.78, 5) is 0. The van der Waals surface area contributed by atoms with Crippen LogP contribution in [0, 0.1) is 0 Å². The minimum Gasteiger partial charge on any atom is -0.309 e. The first-order chi connectivity index (χ1) is 49.2. The van der Waals surface area contributed by atoms with E-state index in [2.05, 4.69) is 374 Å². The molecule has 2 aliphatic rings. The number of hydrogen-bond donors (Lipinski definition) is 0. The Balaban J connectivity index is 0.000000131. The summed E-state index contributed by atoms with van der Waals surface area (Å²) in [6, 6.07) is 121. The lowest BCUT2D eigenvalue weighted by atomic mass is 9.81. The molecular formula is C96H66N4. The largest absolute Gasteiger partial charge is 0.309 e. The Hall–Kier alpha value is -12.5. The maximum atomic E-state index is 2.58. The molecule has 470 valence electrons. The van der Waals surface area contributed by atoms with Crippen LogP contribution in [-0.2, 0) is 10.8 Å². The third kappa shape index (κ3) is 7.93. The fourth-order valence-corrected chi connectivity index (χ4v) is 18.1. The summed E-state index contributed by atoms with van der Waals surface area (Å²) in [5.41, 5.74) is 27.8. The van der Waals surface area contributed by atoms with Crippen LogP contribution >= 0.6 is 0 Å². The van der Waals surface area contributed by atoms with E-state index in [0.717, 1.165) is 5.69 Å². The van der Waals surface area contributed by atoms with Gasteiger partial charge in [-0.3, -0.25) is 0 Å². The van der Waals surface area contributed by atoms with Gasteiger partial charge in [-0.05, 0) is 151 Å². The van der Waals surface area contributed by atoms with Crippen molar-refractivity contribution in [2.45, 2.75) is 38.5 Å². The number of rotatable bonds is 5. The number of benzene rings is 16. The first-order valence-electron chi connectivity index (χ1n) is 35.1. The Bertz CT molecular complexity index is 6880. The van der Waals surface area contributed by atoms with Crippen LogP contribution in [0.2, 0.25) is 0 Å². The van der Waals surface area contributed by atoms with Crippen molar-refractivity contribution in [2.75, 3.05) is 0 Å². The van der Waals surface area contributed by atoms with Crippen molar-refractivity contribution in [1.82, 2.24) is 18.3 Å². The zero-order valence-corrected chi connectivity index (χ0v) is 56.0. The van der Waals surface area contributed by atoms with E-state index in [4.69, 9.17) is 0 Å². The second-order valence-electron chi connectivity index (χ2n) is 28.7. The fraction of sp³-hybridized carbons (Fsp3) is 0.0625. The van der Waals surface area contributed by atoms with E-state index >= 15 is 0 Å². The number of nitrogens with zero attached hydrogens (tertiary/aromatic N) is 4. The van der Waals surface area contributed by atoms with Crippen LogP contribution in [0.5, 0.6) is 0 Å². The van der Waals surface area contributed by atoms with Gasteiger partial charge in [0.25, 0.3) is 0 Å². The standard InChI is InChI=1S/C49H34N2.C47H32N2/c1-49(2)43-21-10-8-19-37(43)38-25-24-33(28-44(38)49)32-14-12-17-35(27-32)50-45-22-11-9-20-39(45)41-29-42-40-26-23-31-13-6-7-18-36(31)48(40)51(47(42)30-46(41)50)34-15-4-3-5-16-34;1-47(2)39-22-12-10-21-36(39)44-40(47)26-30-15-7-9-19-33(30)46(44)49-41-23-13-11-20-34(41)37-27-38-35-25-24-29-14-6-8-18-32(29)45(35)48(42(38)28-43(37)49)31-16-4-3-5-17-31/h3-30H,1-2H3;3-28H,1-2H3. The van der Waals surface area contributed by atoms with Gasteiger partial charge in [-0.25, -0.2) is 0 Å². The molecule has 0 bridgehead atoms. The molecule has 4 aromatic heterocycles. The molecule has 4 nitrogen and oxygen atoms in total. The summed E-state index contributed by atoms with van der Waals surface area (Å²) in [6.07, 6.45) is 0. The topological polar surface area (TPSA) is 19.7 Å². The van der Waals surface area contributed by atoms with Gasteiger partial charge in [0.1, 0.15) is 0 Å². The fourth-order valence-electron chi connectivity index (χ4n) is 18.1. The van der Waals surface area contributed by atoms with Crippen LogP contribution < -0.4 is 0 Å². The summed E-state index contributed by atoms with van der Waals surface area (Å²) in [7, 11) is 0. The van der Waals surface area contributed by atoms with Crippen molar-refractivity contribution in [3.05, 3.63) is 350 Å². The van der Waals surface area contributed by atoms with E-state index < -0.39 is 0 Å². The molecule has 0 unspecified atom stereocenters. The van der Waals surface area contributed by atoms with Gasteiger partial charge >= 0.3 is 0 Å². The zero-order chi connectivity index (χ0) is 66.3. The number of aromatic nitrogens is 4. The molecular weight excluding hydrogens is 1210 g/mol. The molecule has 0 N–H and O–H groups in total. The molecule has 0 fully saturated rings. The van der Waals surface area contributed by atoms with E-state index in [9.17, 15) is 0 Å². The molecule has 100 heavy (non-hydrogen) atoms. The first-order valence-corrected chi connectivity index (χ1v) is 35.1. The predicted molar refractivity (Wildman–Crippen MR) is 423 cm³/mol. The third-order valence-corrected chi connectivity index (χ3v) is 22.7. The Labute approximate surface area is 578 Å². The molecule has 0 saturated carbocycles. The molecule has 2 aliphatic carbocycles. The Morgan fingerprint density at radius 2 is 0.640 bits per heavy atom. The van der Waals surface area contributed by atoms with Crippen molar-refractivity contribution >= 4 is 120 Å². The summed E-state index contributed by atoms with van der Waals surface area (Å²) >= 11 is 0. The number of hydrogen-bond acceptors (Lipinski definition) is 0. The lowest BCUT2D eigenvalue weighted by molar-refractivity contribution is 0.660. The predicted octanol–water partition coefficient (Wildman–Crippen LogP) is 25.5. The van der Waals surface area contributed by atoms with E-state index in [0.29, 0.717) is 0 Å². The van der Waals surface area contributed by atoms with E-state index in [1.807, 2.05) is 0 Å². The van der Waals surface area contributed by atoms with Crippen molar-refractivity contribution in [2.24, 2.45) is 0 Å². The average molecular weight is 1280 g/mol. The highest BCUT2D eigenvalue weighted by atomic mass is 15.0. The van der Waals surface area contributed by atoms with Gasteiger partial charge in [0.15, 0.2) is 0 Å². The van der Waals surface area contributed by atoms with Gasteiger partial charge in [0, 0.05) is 92.7 Å². The minimum absolute atomic E-state index is 0.0414. The van der Waals surface area contributed by atoms with Gasteiger partial charge in [-0.1, -0.05) is 270 Å². The van der Waals surface area contributed by atoms with Crippen molar-refractivity contribution in [3.8, 4) is 56.1 Å². The Kier molecular flexibility index (Phi) is 11.9. The van der Waals surface area contributed by atoms with Gasteiger partial charge in [0.2, 0.25) is 0 Å². The second kappa shape index (κ2) is 21.0. The van der Waals surface area contributed by atoms with Crippen LogP contribution in [0.15, 0.2) is 328 Å². The molecule has 0 radical (unpaired) electrons. The monoisotopic (exact) mass is 1270 g/mol. The van der Waals surface area contributed by atoms with Crippen molar-refractivity contribution in [1.29, 1.82) is 0 Å². The summed E-state index contributed by atoms with van der Waals surface area (Å²) in [5.74, 6) is 0. The second-order valence-corrected chi connectivity index (χ2v) is 28.7. The molecule has 0 amide bonds. The molecule has 16 aromatic carbocycles. The number of para-hydroxylation sites is 4. The molecule has 22 rings (SSSR count). The normalized spacial score (nSPS) is 13.6. The zero-order valence-electron chi connectivity index (χ0n) is 56.0. The van der Waals surface area contributed by atoms with Crippen LogP contribution in [0.25, 0.3) is 176 Å². The summed E-state index contributed by atoms with van der Waals surface area (Å²) in [6.45, 7) is 9.48. The van der Waals surface area contributed by atoms with Crippen molar-refractivity contribution in [3.63, 3.8) is 0 Å². The van der Waals surface area contributed by atoms with Gasteiger partial charge in [-0.2, -0.15) is 0 Å². The molecule has 4 heterocycles. The minimum atomic E-state index is -0.114. The Morgan fingerprint density at radius 1 is 0.210 bits per heavy atom. The van der Waals surface area contributed by atoms with E-state index in [1.165, 1.54) is 192 Å². The number of fused-ring (bicyclic) bond motifs is 23. The lowest BCUT2D eigenvalue weighted by Gasteiger charge is -2.23. The summed E-state index contributed by atoms with van der Waals surface area (Å²) in [5, 5.41) is 17.7. The third-order valence-electron chi connectivity index (χ3n) is 22.7. The molecule has 0 saturated heterocycles. The molecule has 0 atom stereocenters. The van der Waals surface area contributed by atoms with Crippen LogP contribution in [0.3, 0.4) is 0 Å². The Morgan fingerprint density at radius 3 is 1.25 bits per heavy atom.